The molecule has 0 bridgehead atoms. The summed E-state index contributed by atoms with van der Waals surface area (Å²) < 4.78 is 0. The van der Waals surface area contributed by atoms with Gasteiger partial charge >= 0.3 is 20.4 Å². The second kappa shape index (κ2) is 9.93. The van der Waals surface area contributed by atoms with E-state index in [2.05, 4.69) is 45.6 Å². The van der Waals surface area contributed by atoms with Gasteiger partial charge in [0.25, 0.3) is 0 Å². The Balaban J connectivity index is 0.000000160. The molecule has 2 heterocycles. The topological polar surface area (TPSA) is 39.9 Å². The molecule has 29 heavy (non-hydrogen) atoms. The summed E-state index contributed by atoms with van der Waals surface area (Å²) in [4.78, 5) is 8.68. The van der Waals surface area contributed by atoms with Crippen molar-refractivity contribution in [1.29, 1.82) is 0 Å². The Kier molecular flexibility index (Phi) is 7.08. The van der Waals surface area contributed by atoms with Crippen molar-refractivity contribution in [2.45, 2.75) is 0 Å². The summed E-state index contributed by atoms with van der Waals surface area (Å²) in [5.41, 5.74) is 4.06. The van der Waals surface area contributed by atoms with Gasteiger partial charge in [-0.05, 0) is 34.7 Å². The van der Waals surface area contributed by atoms with Crippen molar-refractivity contribution in [2.75, 3.05) is 7.05 Å². The third-order valence-electron chi connectivity index (χ3n) is 4.49. The zero-order valence-electron chi connectivity index (χ0n) is 15.9. The Morgan fingerprint density at radius 3 is 2.31 bits per heavy atom. The van der Waals surface area contributed by atoms with E-state index in [4.69, 9.17) is 0 Å². The smallest absolute Gasteiger partial charge is 0.686 e. The fourth-order valence-electron chi connectivity index (χ4n) is 3.14. The molecule has 0 aliphatic rings. The molecule has 5 rings (SSSR count). The number of hydrogen-bond donors (Lipinski definition) is 0. The van der Waals surface area contributed by atoms with Crippen molar-refractivity contribution in [3.8, 4) is 11.3 Å². The monoisotopic (exact) mass is 467 g/mol. The van der Waals surface area contributed by atoms with Crippen molar-refractivity contribution >= 4 is 27.4 Å². The summed E-state index contributed by atoms with van der Waals surface area (Å²) in [6.45, 7) is 0. The van der Waals surface area contributed by atoms with Crippen molar-refractivity contribution in [2.24, 2.45) is 0 Å². The zero-order valence-corrected chi connectivity index (χ0v) is 17.5. The van der Waals surface area contributed by atoms with Gasteiger partial charge in [-0.2, -0.15) is 0 Å². The van der Waals surface area contributed by atoms with Gasteiger partial charge < -0.3 is 10.3 Å². The van der Waals surface area contributed by atoms with Crippen LogP contribution in [0.3, 0.4) is 0 Å². The molecule has 5 aromatic rings. The number of benzene rings is 3. The van der Waals surface area contributed by atoms with Gasteiger partial charge in [-0.3, -0.25) is 4.98 Å². The van der Waals surface area contributed by atoms with Crippen LogP contribution in [0.4, 0.5) is 5.69 Å². The van der Waals surface area contributed by atoms with Gasteiger partial charge in [0.1, 0.15) is 0 Å². The second-order valence-electron chi connectivity index (χ2n) is 6.23. The quantitative estimate of drug-likeness (QED) is 0.167. The van der Waals surface area contributed by atoms with E-state index in [0.29, 0.717) is 0 Å². The number of fused-ring (bicyclic) bond motifs is 3. The van der Waals surface area contributed by atoms with E-state index in [9.17, 15) is 0 Å². The molecule has 3 nitrogen and oxygen atoms in total. The second-order valence-corrected chi connectivity index (χ2v) is 6.23. The van der Waals surface area contributed by atoms with Crippen molar-refractivity contribution < 1.29 is 20.4 Å². The van der Waals surface area contributed by atoms with Gasteiger partial charge in [0.15, 0.2) is 0 Å². The summed E-state index contributed by atoms with van der Waals surface area (Å²) in [5.74, 6) is 0. The van der Waals surface area contributed by atoms with E-state index in [-0.39, 0.29) is 20.4 Å². The maximum Gasteiger partial charge on any atom is 2.00 e. The van der Waals surface area contributed by atoms with Crippen LogP contribution in [0.5, 0.6) is 0 Å². The maximum absolute atomic E-state index is 4.38. The maximum atomic E-state index is 4.38. The summed E-state index contributed by atoms with van der Waals surface area (Å²) >= 11 is 0. The van der Waals surface area contributed by atoms with E-state index in [1.54, 1.807) is 13.2 Å². The van der Waals surface area contributed by atoms with Crippen molar-refractivity contribution in [3.63, 3.8) is 0 Å². The molecule has 144 valence electrons. The zero-order chi connectivity index (χ0) is 19.2. The molecule has 0 unspecified atom stereocenters. The molecule has 4 heteroatoms. The number of para-hydroxylation sites is 1. The summed E-state index contributed by atoms with van der Waals surface area (Å²) in [7, 11) is 1.79. The first-order chi connectivity index (χ1) is 13.9. The minimum Gasteiger partial charge on any atom is -0.686 e. The van der Waals surface area contributed by atoms with Crippen LogP contribution in [0, 0.1) is 6.07 Å². The van der Waals surface area contributed by atoms with Gasteiger partial charge in [0.05, 0.1) is 5.69 Å². The first-order valence-corrected chi connectivity index (χ1v) is 9.11. The average molecular weight is 468 g/mol. The molecule has 0 amide bonds. The Morgan fingerprint density at radius 2 is 1.48 bits per heavy atom. The van der Waals surface area contributed by atoms with Crippen molar-refractivity contribution in [3.05, 3.63) is 109 Å². The van der Waals surface area contributed by atoms with Gasteiger partial charge in [-0.1, -0.05) is 48.5 Å². The molecule has 0 aliphatic heterocycles. The molecule has 0 saturated heterocycles. The Hall–Kier alpha value is -3.06. The molecule has 0 radical (unpaired) electrons. The normalized spacial score (nSPS) is 9.97. The van der Waals surface area contributed by atoms with Gasteiger partial charge in [-0.25, -0.2) is 0 Å². The Morgan fingerprint density at radius 1 is 0.724 bits per heavy atom. The first kappa shape index (κ1) is 20.7. The molecule has 0 atom stereocenters. The standard InChI is InChI=1S/C13H8N.C12H11N2.Pd/c1-2-6-12-10(4-1)7-8-11-5-3-9-14-13(11)12;1-13-11-7-3-2-6-10(11)12-8-4-5-9-14-12;/h1-5,7-9H;2-9H,1H3;/q2*-1;+2. The largest absolute Gasteiger partial charge is 2.00 e. The van der Waals surface area contributed by atoms with E-state index >= 15 is 0 Å². The van der Waals surface area contributed by atoms with Crippen LogP contribution in [-0.2, 0) is 20.4 Å². The molecule has 0 N–H and O–H groups in total. The SMILES string of the molecule is C[N-]c1ccccc1-c1ccccn1.[Pd+2].[c-]1cccc2ccc3cccnc3c12. The van der Waals surface area contributed by atoms with Crippen LogP contribution in [0.1, 0.15) is 0 Å². The number of hydrogen-bond acceptors (Lipinski definition) is 2. The number of pyridine rings is 2. The van der Waals surface area contributed by atoms with Gasteiger partial charge in [-0.15, -0.1) is 47.8 Å². The number of aromatic nitrogens is 2. The average Bonchev–Trinajstić information content (AvgIpc) is 2.80. The molecule has 0 spiro atoms. The van der Waals surface area contributed by atoms with Crippen LogP contribution in [0.25, 0.3) is 38.2 Å². The first-order valence-electron chi connectivity index (χ1n) is 9.11. The van der Waals surface area contributed by atoms with E-state index < -0.39 is 0 Å². The Labute approximate surface area is 184 Å². The molecule has 0 aliphatic carbocycles. The minimum absolute atomic E-state index is 0. The van der Waals surface area contributed by atoms with E-state index in [1.807, 2.05) is 66.9 Å². The van der Waals surface area contributed by atoms with Crippen LogP contribution in [0.15, 0.2) is 97.3 Å². The summed E-state index contributed by atoms with van der Waals surface area (Å²) in [6, 6.07) is 31.4. The predicted octanol–water partition coefficient (Wildman–Crippen LogP) is 6.57. The van der Waals surface area contributed by atoms with Gasteiger partial charge in [0.2, 0.25) is 0 Å². The molecule has 2 aromatic heterocycles. The minimum atomic E-state index is 0. The summed E-state index contributed by atoms with van der Waals surface area (Å²) in [5, 5.41) is 7.67. The predicted molar refractivity (Wildman–Crippen MR) is 117 cm³/mol. The molecular formula is C25H19N3Pd. The summed E-state index contributed by atoms with van der Waals surface area (Å²) in [6.07, 6.45) is 3.62. The van der Waals surface area contributed by atoms with Gasteiger partial charge in [0, 0.05) is 12.4 Å². The van der Waals surface area contributed by atoms with Crippen LogP contribution in [0.2, 0.25) is 0 Å². The fourth-order valence-corrected chi connectivity index (χ4v) is 3.14. The Bertz CT molecular complexity index is 1150. The van der Waals surface area contributed by atoms with Crippen LogP contribution < -0.4 is 0 Å². The van der Waals surface area contributed by atoms with Crippen LogP contribution >= 0.6 is 0 Å². The molecular weight excluding hydrogens is 449 g/mol. The van der Waals surface area contributed by atoms with E-state index in [0.717, 1.165) is 27.8 Å². The molecule has 0 fully saturated rings. The number of nitrogens with zero attached hydrogens (tertiary/aromatic N) is 3. The third-order valence-corrected chi connectivity index (χ3v) is 4.49. The number of rotatable bonds is 2. The van der Waals surface area contributed by atoms with Crippen LogP contribution in [-0.4, -0.2) is 17.0 Å². The fraction of sp³-hybridized carbons (Fsp3) is 0.0400. The molecule has 0 saturated carbocycles. The van der Waals surface area contributed by atoms with Crippen molar-refractivity contribution in [1.82, 2.24) is 9.97 Å². The third kappa shape index (κ3) is 4.68. The van der Waals surface area contributed by atoms with E-state index in [1.165, 1.54) is 10.8 Å². The molecule has 3 aromatic carbocycles.